The maximum Gasteiger partial charge on any atom is 0.159 e. The first-order valence-electron chi connectivity index (χ1n) is 7.20. The molecular formula is C16H24O2. The first kappa shape index (κ1) is 12.4. The summed E-state index contributed by atoms with van der Waals surface area (Å²) in [6.45, 7) is 9.25. The van der Waals surface area contributed by atoms with E-state index in [2.05, 4.69) is 20.8 Å². The summed E-state index contributed by atoms with van der Waals surface area (Å²) in [6, 6.07) is 0. The molecule has 0 aromatic rings. The molecule has 3 rings (SSSR count). The highest BCUT2D eigenvalue weighted by molar-refractivity contribution is 6.00. The fourth-order valence-electron chi connectivity index (χ4n) is 5.42. The molecule has 0 saturated heterocycles. The Morgan fingerprint density at radius 3 is 2.67 bits per heavy atom. The van der Waals surface area contributed by atoms with Crippen molar-refractivity contribution in [3.05, 3.63) is 11.1 Å². The molecule has 0 aromatic heterocycles. The SMILES string of the molecule is CC1=C2C[C@H]3C[C@H](CO)[C@@H](C)[C@]2(CC1=O)C3(C)C. The first-order valence-corrected chi connectivity index (χ1v) is 7.20. The first-order chi connectivity index (χ1) is 8.36. The summed E-state index contributed by atoms with van der Waals surface area (Å²) >= 11 is 0. The molecule has 2 bridgehead atoms. The fraction of sp³-hybridized carbons (Fsp3) is 0.812. The zero-order valence-corrected chi connectivity index (χ0v) is 11.9. The second-order valence-electron chi connectivity index (χ2n) is 7.26. The quantitative estimate of drug-likeness (QED) is 0.774. The van der Waals surface area contributed by atoms with Crippen LogP contribution < -0.4 is 0 Å². The smallest absolute Gasteiger partial charge is 0.159 e. The van der Waals surface area contributed by atoms with Crippen molar-refractivity contribution in [3.63, 3.8) is 0 Å². The number of hydrogen-bond acceptors (Lipinski definition) is 2. The van der Waals surface area contributed by atoms with E-state index in [1.165, 1.54) is 5.57 Å². The van der Waals surface area contributed by atoms with Crippen LogP contribution in [0.5, 0.6) is 0 Å². The molecular weight excluding hydrogens is 224 g/mol. The Hall–Kier alpha value is -0.630. The Morgan fingerprint density at radius 2 is 2.06 bits per heavy atom. The van der Waals surface area contributed by atoms with Gasteiger partial charge in [-0.15, -0.1) is 0 Å². The molecule has 2 heteroatoms. The van der Waals surface area contributed by atoms with Gasteiger partial charge in [0, 0.05) is 18.4 Å². The van der Waals surface area contributed by atoms with E-state index in [1.54, 1.807) is 0 Å². The molecule has 0 heterocycles. The van der Waals surface area contributed by atoms with E-state index in [0.29, 0.717) is 30.0 Å². The van der Waals surface area contributed by atoms with Gasteiger partial charge in [0.1, 0.15) is 0 Å². The van der Waals surface area contributed by atoms with Gasteiger partial charge in [0.2, 0.25) is 0 Å². The normalized spacial score (nSPS) is 45.6. The molecule has 0 radical (unpaired) electrons. The minimum atomic E-state index is 0.0461. The predicted octanol–water partition coefficient (Wildman–Crippen LogP) is 2.96. The summed E-state index contributed by atoms with van der Waals surface area (Å²) in [5.74, 6) is 1.79. The second-order valence-corrected chi connectivity index (χ2v) is 7.26. The van der Waals surface area contributed by atoms with E-state index >= 15 is 0 Å². The number of aliphatic hydroxyl groups excluding tert-OH is 1. The van der Waals surface area contributed by atoms with Gasteiger partial charge >= 0.3 is 0 Å². The van der Waals surface area contributed by atoms with E-state index < -0.39 is 0 Å². The maximum atomic E-state index is 12.2. The van der Waals surface area contributed by atoms with Crippen molar-refractivity contribution in [3.8, 4) is 0 Å². The molecule has 0 amide bonds. The Balaban J connectivity index is 2.19. The summed E-state index contributed by atoms with van der Waals surface area (Å²) in [4.78, 5) is 12.2. The average Bonchev–Trinajstić information content (AvgIpc) is 2.62. The van der Waals surface area contributed by atoms with Crippen LogP contribution in [0.1, 0.15) is 47.0 Å². The van der Waals surface area contributed by atoms with Gasteiger partial charge < -0.3 is 5.11 Å². The number of hydrogen-bond donors (Lipinski definition) is 1. The van der Waals surface area contributed by atoms with Gasteiger partial charge in [0.15, 0.2) is 5.78 Å². The molecule has 3 aliphatic rings. The predicted molar refractivity (Wildman–Crippen MR) is 71.0 cm³/mol. The van der Waals surface area contributed by atoms with Crippen LogP contribution in [0, 0.1) is 28.6 Å². The zero-order chi connectivity index (χ0) is 13.3. The number of allylic oxidation sites excluding steroid dienone is 2. The monoisotopic (exact) mass is 248 g/mol. The molecule has 100 valence electrons. The van der Waals surface area contributed by atoms with Crippen LogP contribution in [0.2, 0.25) is 0 Å². The molecule has 4 atom stereocenters. The van der Waals surface area contributed by atoms with Gasteiger partial charge in [-0.05, 0) is 48.5 Å². The van der Waals surface area contributed by atoms with Gasteiger partial charge in [-0.1, -0.05) is 26.3 Å². The largest absolute Gasteiger partial charge is 0.396 e. The van der Waals surface area contributed by atoms with Crippen molar-refractivity contribution in [2.75, 3.05) is 6.61 Å². The van der Waals surface area contributed by atoms with E-state index in [1.807, 2.05) is 6.92 Å². The van der Waals surface area contributed by atoms with Crippen molar-refractivity contribution in [2.24, 2.45) is 28.6 Å². The van der Waals surface area contributed by atoms with E-state index in [4.69, 9.17) is 0 Å². The standard InChI is InChI=1S/C16H24O2/c1-9-13-6-12-5-11(8-17)10(2)16(13,7-14(9)18)15(12,3)4/h10-12,17H,5-8H2,1-4H3/t10-,11-,12-,16+/m1/s1. The number of ketones is 1. The van der Waals surface area contributed by atoms with Crippen LogP contribution in [0.15, 0.2) is 11.1 Å². The minimum Gasteiger partial charge on any atom is -0.396 e. The summed E-state index contributed by atoms with van der Waals surface area (Å²) in [5.41, 5.74) is 2.73. The van der Waals surface area contributed by atoms with E-state index in [9.17, 15) is 9.90 Å². The summed E-state index contributed by atoms with van der Waals surface area (Å²) < 4.78 is 0. The van der Waals surface area contributed by atoms with Crippen LogP contribution in [0.4, 0.5) is 0 Å². The van der Waals surface area contributed by atoms with Gasteiger partial charge in [0.05, 0.1) is 0 Å². The van der Waals surface area contributed by atoms with Gasteiger partial charge in [-0.3, -0.25) is 4.79 Å². The number of carbonyl (C=O) groups excluding carboxylic acids is 1. The number of carbonyl (C=O) groups is 1. The van der Waals surface area contributed by atoms with Gasteiger partial charge in [-0.2, -0.15) is 0 Å². The van der Waals surface area contributed by atoms with Crippen molar-refractivity contribution in [1.82, 2.24) is 0 Å². The van der Waals surface area contributed by atoms with E-state index in [0.717, 1.165) is 18.4 Å². The average molecular weight is 248 g/mol. The lowest BCUT2D eigenvalue weighted by molar-refractivity contribution is -0.122. The van der Waals surface area contributed by atoms with Crippen LogP contribution in [0.25, 0.3) is 0 Å². The lowest BCUT2D eigenvalue weighted by Crippen LogP contribution is -2.49. The third kappa shape index (κ3) is 1.11. The van der Waals surface area contributed by atoms with Crippen LogP contribution in [0.3, 0.4) is 0 Å². The van der Waals surface area contributed by atoms with Crippen molar-refractivity contribution >= 4 is 5.78 Å². The molecule has 0 aromatic carbocycles. The lowest BCUT2D eigenvalue weighted by atomic mass is 9.50. The molecule has 2 fully saturated rings. The van der Waals surface area contributed by atoms with Crippen molar-refractivity contribution in [2.45, 2.75) is 47.0 Å². The Kier molecular flexibility index (Phi) is 2.39. The molecule has 3 aliphatic carbocycles. The zero-order valence-electron chi connectivity index (χ0n) is 11.9. The third-order valence-corrected chi connectivity index (χ3v) is 6.78. The van der Waals surface area contributed by atoms with E-state index in [-0.39, 0.29) is 17.4 Å². The molecule has 1 N–H and O–H groups in total. The number of rotatable bonds is 1. The highest BCUT2D eigenvalue weighted by Crippen LogP contribution is 2.72. The highest BCUT2D eigenvalue weighted by atomic mass is 16.3. The number of Topliss-reactive ketones (excluding diaryl/α,β-unsaturated/α-hetero) is 1. The van der Waals surface area contributed by atoms with Gasteiger partial charge in [-0.25, -0.2) is 0 Å². The summed E-state index contributed by atoms with van der Waals surface area (Å²) in [5, 5.41) is 9.64. The Bertz CT molecular complexity index is 446. The Labute approximate surface area is 109 Å². The molecule has 0 unspecified atom stereocenters. The summed E-state index contributed by atoms with van der Waals surface area (Å²) in [6.07, 6.45) is 2.90. The Morgan fingerprint density at radius 1 is 1.39 bits per heavy atom. The van der Waals surface area contributed by atoms with Crippen molar-refractivity contribution in [1.29, 1.82) is 0 Å². The maximum absolute atomic E-state index is 12.2. The topological polar surface area (TPSA) is 37.3 Å². The van der Waals surface area contributed by atoms with Crippen LogP contribution in [-0.2, 0) is 4.79 Å². The van der Waals surface area contributed by atoms with Crippen LogP contribution >= 0.6 is 0 Å². The molecule has 2 saturated carbocycles. The lowest BCUT2D eigenvalue weighted by Gasteiger charge is -2.54. The fourth-order valence-corrected chi connectivity index (χ4v) is 5.42. The molecule has 2 nitrogen and oxygen atoms in total. The molecule has 18 heavy (non-hydrogen) atoms. The van der Waals surface area contributed by atoms with Gasteiger partial charge in [0.25, 0.3) is 0 Å². The molecule has 1 spiro atoms. The number of aliphatic hydroxyl groups is 1. The number of fused-ring (bicyclic) bond motifs is 1. The minimum absolute atomic E-state index is 0.0461. The molecule has 0 aliphatic heterocycles. The third-order valence-electron chi connectivity index (χ3n) is 6.78. The second kappa shape index (κ2) is 3.47. The van der Waals surface area contributed by atoms with Crippen molar-refractivity contribution < 1.29 is 9.90 Å². The summed E-state index contributed by atoms with van der Waals surface area (Å²) in [7, 11) is 0. The highest BCUT2D eigenvalue weighted by Gasteiger charge is 2.67. The van der Waals surface area contributed by atoms with Crippen LogP contribution in [-0.4, -0.2) is 17.5 Å².